The Morgan fingerprint density at radius 3 is 2.54 bits per heavy atom. The summed E-state index contributed by atoms with van der Waals surface area (Å²) < 4.78 is 10.2. The first-order valence-corrected chi connectivity index (χ1v) is 8.02. The topological polar surface area (TPSA) is 116 Å². The van der Waals surface area contributed by atoms with Crippen LogP contribution in [0.5, 0.6) is 0 Å². The molecule has 10 nitrogen and oxygen atoms in total. The number of nitrogens with zero attached hydrogens (tertiary/aromatic N) is 5. The molecule has 0 amide bonds. The van der Waals surface area contributed by atoms with Crippen LogP contribution in [0.1, 0.15) is 5.56 Å². The van der Waals surface area contributed by atoms with Crippen molar-refractivity contribution in [1.29, 1.82) is 0 Å². The minimum absolute atomic E-state index is 0.156. The van der Waals surface area contributed by atoms with E-state index in [1.54, 1.807) is 37.6 Å². The highest BCUT2D eigenvalue weighted by Gasteiger charge is 2.26. The quantitative estimate of drug-likeness (QED) is 0.469. The highest BCUT2D eigenvalue weighted by Crippen LogP contribution is 2.31. The Hall–Kier alpha value is -2.85. The Morgan fingerprint density at radius 1 is 1.23 bits per heavy atom. The van der Waals surface area contributed by atoms with E-state index < -0.39 is 4.92 Å². The summed E-state index contributed by atoms with van der Waals surface area (Å²) in [5, 5.41) is 14.7. The third-order valence-corrected chi connectivity index (χ3v) is 3.60. The smallest absolute Gasteiger partial charge is 0.353 e. The molecule has 2 aromatic rings. The molecule has 2 heterocycles. The lowest BCUT2D eigenvalue weighted by molar-refractivity contribution is -0.383. The Bertz CT molecular complexity index is 692. The van der Waals surface area contributed by atoms with E-state index in [4.69, 9.17) is 9.47 Å². The van der Waals surface area contributed by atoms with Crippen LogP contribution in [0.2, 0.25) is 0 Å². The number of rotatable bonds is 11. The fourth-order valence-corrected chi connectivity index (χ4v) is 2.31. The third-order valence-electron chi connectivity index (χ3n) is 3.60. The molecule has 0 fully saturated rings. The van der Waals surface area contributed by atoms with Gasteiger partial charge in [-0.3, -0.25) is 15.1 Å². The van der Waals surface area contributed by atoms with E-state index in [1.807, 2.05) is 6.07 Å². The molecule has 1 N–H and O–H groups in total. The van der Waals surface area contributed by atoms with Crippen molar-refractivity contribution >= 4 is 17.3 Å². The summed E-state index contributed by atoms with van der Waals surface area (Å²) in [5.41, 5.74) is 0.709. The molecule has 2 rings (SSSR count). The van der Waals surface area contributed by atoms with Crippen molar-refractivity contribution in [1.82, 2.24) is 15.0 Å². The molecule has 10 heteroatoms. The number of hydrogen-bond acceptors (Lipinski definition) is 9. The maximum absolute atomic E-state index is 11.7. The average Bonchev–Trinajstić information content (AvgIpc) is 2.67. The summed E-state index contributed by atoms with van der Waals surface area (Å²) in [6.07, 6.45) is 4.66. The molecule has 0 saturated heterocycles. The second-order valence-electron chi connectivity index (χ2n) is 5.34. The van der Waals surface area contributed by atoms with Gasteiger partial charge in [0.1, 0.15) is 6.33 Å². The number of aromatic nitrogens is 3. The van der Waals surface area contributed by atoms with Crippen LogP contribution in [0.4, 0.5) is 17.3 Å². The lowest BCUT2D eigenvalue weighted by Gasteiger charge is -2.23. The van der Waals surface area contributed by atoms with Crippen LogP contribution < -0.4 is 10.2 Å². The van der Waals surface area contributed by atoms with Crippen LogP contribution in [0.3, 0.4) is 0 Å². The molecular weight excluding hydrogens is 340 g/mol. The molecule has 0 unspecified atom stereocenters. The molecular formula is C16H22N6O4. The van der Waals surface area contributed by atoms with Crippen molar-refractivity contribution in [3.05, 3.63) is 46.5 Å². The number of pyridine rings is 1. The summed E-state index contributed by atoms with van der Waals surface area (Å²) in [5.74, 6) is 0.386. The van der Waals surface area contributed by atoms with Gasteiger partial charge in [-0.2, -0.15) is 0 Å². The molecule has 2 aromatic heterocycles. The molecule has 0 bridgehead atoms. The molecule has 0 atom stereocenters. The molecule has 0 spiro atoms. The lowest BCUT2D eigenvalue weighted by atomic mass is 10.3. The van der Waals surface area contributed by atoms with E-state index in [0.29, 0.717) is 32.8 Å². The number of ether oxygens (including phenoxy) is 2. The number of methoxy groups -OCH3 is 2. The first kappa shape index (κ1) is 19.5. The van der Waals surface area contributed by atoms with Crippen molar-refractivity contribution in [2.75, 3.05) is 50.7 Å². The van der Waals surface area contributed by atoms with Gasteiger partial charge in [0, 0.05) is 46.2 Å². The number of nitro groups is 1. The second kappa shape index (κ2) is 10.2. The maximum Gasteiger partial charge on any atom is 0.353 e. The van der Waals surface area contributed by atoms with Crippen LogP contribution in [-0.4, -0.2) is 60.4 Å². The molecule has 0 aliphatic carbocycles. The van der Waals surface area contributed by atoms with Crippen molar-refractivity contribution < 1.29 is 14.4 Å². The summed E-state index contributed by atoms with van der Waals surface area (Å²) in [4.78, 5) is 25.2. The van der Waals surface area contributed by atoms with Crippen LogP contribution >= 0.6 is 0 Å². The van der Waals surface area contributed by atoms with Crippen molar-refractivity contribution in [2.24, 2.45) is 0 Å². The van der Waals surface area contributed by atoms with Gasteiger partial charge < -0.3 is 19.7 Å². The predicted octanol–water partition coefficient (Wildman–Crippen LogP) is 1.49. The van der Waals surface area contributed by atoms with Gasteiger partial charge in [-0.05, 0) is 11.6 Å². The Balaban J connectivity index is 2.28. The minimum atomic E-state index is -0.479. The zero-order valence-corrected chi connectivity index (χ0v) is 14.8. The van der Waals surface area contributed by atoms with Gasteiger partial charge in [-0.1, -0.05) is 6.07 Å². The molecule has 0 radical (unpaired) electrons. The monoisotopic (exact) mass is 362 g/mol. The Kier molecular flexibility index (Phi) is 7.65. The van der Waals surface area contributed by atoms with Gasteiger partial charge in [0.2, 0.25) is 11.6 Å². The predicted molar refractivity (Wildman–Crippen MR) is 96.2 cm³/mol. The van der Waals surface area contributed by atoms with Crippen LogP contribution in [0.25, 0.3) is 0 Å². The van der Waals surface area contributed by atoms with E-state index >= 15 is 0 Å². The molecule has 0 saturated carbocycles. The Morgan fingerprint density at radius 2 is 1.96 bits per heavy atom. The number of hydrogen-bond donors (Lipinski definition) is 1. The van der Waals surface area contributed by atoms with Gasteiger partial charge in [0.15, 0.2) is 0 Å². The molecule has 26 heavy (non-hydrogen) atoms. The Labute approximate surface area is 151 Å². The molecule has 140 valence electrons. The fraction of sp³-hybridized carbons (Fsp3) is 0.438. The highest BCUT2D eigenvalue weighted by atomic mass is 16.6. The standard InChI is InChI=1S/C16H22N6O4/c1-25-8-6-21(7-9-26-2)16-14(22(23)24)15(19-12-20-16)18-11-13-4-3-5-17-10-13/h3-5,10,12H,6-9,11H2,1-2H3,(H,18,19,20). The van der Waals surface area contributed by atoms with Crippen LogP contribution in [0.15, 0.2) is 30.9 Å². The molecule has 0 aliphatic heterocycles. The van der Waals surface area contributed by atoms with E-state index in [1.165, 1.54) is 6.33 Å². The van der Waals surface area contributed by atoms with Crippen molar-refractivity contribution in [3.8, 4) is 0 Å². The van der Waals surface area contributed by atoms with Gasteiger partial charge >= 0.3 is 5.69 Å². The SMILES string of the molecule is COCCN(CCOC)c1ncnc(NCc2cccnc2)c1[N+](=O)[O-]. The number of nitrogens with one attached hydrogen (secondary N) is 1. The first-order valence-electron chi connectivity index (χ1n) is 8.02. The van der Waals surface area contributed by atoms with Crippen molar-refractivity contribution in [2.45, 2.75) is 6.54 Å². The summed E-state index contributed by atoms with van der Waals surface area (Å²) in [6, 6.07) is 3.67. The molecule has 0 aromatic carbocycles. The van der Waals surface area contributed by atoms with E-state index in [9.17, 15) is 10.1 Å². The molecule has 0 aliphatic rings. The zero-order chi connectivity index (χ0) is 18.8. The summed E-state index contributed by atoms with van der Waals surface area (Å²) in [6.45, 7) is 2.06. The normalized spacial score (nSPS) is 10.5. The van der Waals surface area contributed by atoms with Crippen molar-refractivity contribution in [3.63, 3.8) is 0 Å². The second-order valence-corrected chi connectivity index (χ2v) is 5.34. The maximum atomic E-state index is 11.7. The summed E-state index contributed by atoms with van der Waals surface area (Å²) in [7, 11) is 3.15. The average molecular weight is 362 g/mol. The minimum Gasteiger partial charge on any atom is -0.383 e. The van der Waals surface area contributed by atoms with Crippen LogP contribution in [0, 0.1) is 10.1 Å². The van der Waals surface area contributed by atoms with Gasteiger partial charge in [0.05, 0.1) is 18.1 Å². The van der Waals surface area contributed by atoms with Gasteiger partial charge in [0.25, 0.3) is 0 Å². The lowest BCUT2D eigenvalue weighted by Crippen LogP contribution is -2.32. The summed E-state index contributed by atoms with van der Waals surface area (Å²) >= 11 is 0. The fourth-order valence-electron chi connectivity index (χ4n) is 2.31. The largest absolute Gasteiger partial charge is 0.383 e. The van der Waals surface area contributed by atoms with E-state index in [0.717, 1.165) is 5.56 Å². The number of anilines is 2. The first-order chi connectivity index (χ1) is 12.7. The van der Waals surface area contributed by atoms with Crippen LogP contribution in [-0.2, 0) is 16.0 Å². The zero-order valence-electron chi connectivity index (χ0n) is 14.8. The van der Waals surface area contributed by atoms with E-state index in [2.05, 4.69) is 20.3 Å². The van der Waals surface area contributed by atoms with E-state index in [-0.39, 0.29) is 17.3 Å². The van der Waals surface area contributed by atoms with Gasteiger partial charge in [-0.25, -0.2) is 9.97 Å². The van der Waals surface area contributed by atoms with Gasteiger partial charge in [-0.15, -0.1) is 0 Å². The third kappa shape index (κ3) is 5.33. The highest BCUT2D eigenvalue weighted by molar-refractivity contribution is 5.70.